The van der Waals surface area contributed by atoms with E-state index in [4.69, 9.17) is 15.0 Å². The fourth-order valence-electron chi connectivity index (χ4n) is 9.55. The molecule has 0 aliphatic rings. The molecule has 12 rings (SSSR count). The molecule has 12 aromatic rings. The second-order valence-electron chi connectivity index (χ2n) is 16.3. The van der Waals surface area contributed by atoms with Crippen molar-refractivity contribution in [3.63, 3.8) is 0 Å². The fourth-order valence-corrected chi connectivity index (χ4v) is 9.55. The molecule has 0 N–H and O–H groups in total. The first kappa shape index (κ1) is 37.2. The second-order valence-corrected chi connectivity index (χ2v) is 16.3. The third-order valence-corrected chi connectivity index (χ3v) is 12.5. The molecule has 0 spiro atoms. The van der Waals surface area contributed by atoms with E-state index in [-0.39, 0.29) is 0 Å². The van der Waals surface area contributed by atoms with E-state index in [1.807, 2.05) is 6.07 Å². The number of rotatable bonds is 7. The minimum atomic E-state index is 0.624. The van der Waals surface area contributed by atoms with E-state index >= 15 is 0 Å². The van der Waals surface area contributed by atoms with Crippen molar-refractivity contribution < 1.29 is 0 Å². The van der Waals surface area contributed by atoms with Gasteiger partial charge < -0.3 is 0 Å². The molecule has 0 radical (unpaired) electrons. The first-order valence-electron chi connectivity index (χ1n) is 21.8. The van der Waals surface area contributed by atoms with Crippen LogP contribution >= 0.6 is 0 Å². The van der Waals surface area contributed by atoms with Gasteiger partial charge in [-0.05, 0) is 106 Å². The maximum absolute atomic E-state index is 5.31. The first-order chi connectivity index (χ1) is 31.7. The van der Waals surface area contributed by atoms with Gasteiger partial charge in [-0.2, -0.15) is 0 Å². The van der Waals surface area contributed by atoms with E-state index in [0.717, 1.165) is 49.4 Å². The van der Waals surface area contributed by atoms with Gasteiger partial charge in [0.15, 0.2) is 17.5 Å². The maximum atomic E-state index is 5.31. The van der Waals surface area contributed by atoms with Gasteiger partial charge in [-0.1, -0.05) is 218 Å². The molecule has 0 atom stereocenters. The van der Waals surface area contributed by atoms with Gasteiger partial charge in [-0.15, -0.1) is 0 Å². The molecule has 298 valence electrons. The van der Waals surface area contributed by atoms with Gasteiger partial charge in [0, 0.05) is 16.7 Å². The number of benzene rings is 11. The number of hydrogen-bond acceptors (Lipinski definition) is 3. The molecule has 0 aliphatic heterocycles. The molecule has 11 aromatic carbocycles. The highest BCUT2D eigenvalue weighted by atomic mass is 15.0. The summed E-state index contributed by atoms with van der Waals surface area (Å²) in [6, 6.07) is 84.2. The summed E-state index contributed by atoms with van der Waals surface area (Å²) < 4.78 is 0. The maximum Gasteiger partial charge on any atom is 0.164 e. The van der Waals surface area contributed by atoms with Gasteiger partial charge >= 0.3 is 0 Å². The molecule has 0 bridgehead atoms. The summed E-state index contributed by atoms with van der Waals surface area (Å²) in [5.41, 5.74) is 12.3. The van der Waals surface area contributed by atoms with Crippen molar-refractivity contribution in [1.82, 2.24) is 15.0 Å². The smallest absolute Gasteiger partial charge is 0.164 e. The lowest BCUT2D eigenvalue weighted by Crippen LogP contribution is -2.01. The Balaban J connectivity index is 1.03. The van der Waals surface area contributed by atoms with Crippen LogP contribution in [0.1, 0.15) is 0 Å². The van der Waals surface area contributed by atoms with E-state index in [2.05, 4.69) is 231 Å². The predicted molar refractivity (Wildman–Crippen MR) is 268 cm³/mol. The van der Waals surface area contributed by atoms with Crippen LogP contribution in [0.2, 0.25) is 0 Å². The van der Waals surface area contributed by atoms with Crippen LogP contribution < -0.4 is 0 Å². The molecule has 0 fully saturated rings. The van der Waals surface area contributed by atoms with E-state index in [1.165, 1.54) is 54.9 Å². The largest absolute Gasteiger partial charge is 0.208 e. The number of fused-ring (bicyclic) bond motifs is 4. The average Bonchev–Trinajstić information content (AvgIpc) is 3.38. The van der Waals surface area contributed by atoms with Crippen molar-refractivity contribution in [2.75, 3.05) is 0 Å². The standard InChI is InChI=1S/C61H39N3/c1-4-18-40(19-5-1)47-24-10-17-31-55(47)60-62-59(63-61(64-60)56-37-36-48(41-20-6-2-7-21-41)49-25-11-12-26-50(49)56)46-35-33-43-38-45(34-32-44(43)39-46)58-53-29-15-13-27-51(53)57(42-22-8-3-9-23-42)52-28-14-16-30-54(52)58/h1-39H. The van der Waals surface area contributed by atoms with E-state index < -0.39 is 0 Å². The van der Waals surface area contributed by atoms with Gasteiger partial charge in [-0.3, -0.25) is 0 Å². The Bertz CT molecular complexity index is 3650. The van der Waals surface area contributed by atoms with E-state index in [0.29, 0.717) is 17.5 Å². The zero-order valence-corrected chi connectivity index (χ0v) is 34.9. The summed E-state index contributed by atoms with van der Waals surface area (Å²) in [7, 11) is 0. The van der Waals surface area contributed by atoms with E-state index in [1.54, 1.807) is 0 Å². The van der Waals surface area contributed by atoms with Crippen LogP contribution in [0.3, 0.4) is 0 Å². The van der Waals surface area contributed by atoms with Crippen LogP contribution in [-0.2, 0) is 0 Å². The molecular formula is C61H39N3. The third-order valence-electron chi connectivity index (χ3n) is 12.5. The van der Waals surface area contributed by atoms with Gasteiger partial charge in [0.25, 0.3) is 0 Å². The Morgan fingerprint density at radius 1 is 0.203 bits per heavy atom. The third kappa shape index (κ3) is 6.50. The predicted octanol–water partition coefficient (Wildman–Crippen LogP) is 16.2. The summed E-state index contributed by atoms with van der Waals surface area (Å²) in [6.07, 6.45) is 0. The molecule has 3 heteroatoms. The Labute approximate surface area is 371 Å². The van der Waals surface area contributed by atoms with Gasteiger partial charge in [0.2, 0.25) is 0 Å². The molecular weight excluding hydrogens is 775 g/mol. The molecule has 64 heavy (non-hydrogen) atoms. The quantitative estimate of drug-likeness (QED) is 0.150. The summed E-state index contributed by atoms with van der Waals surface area (Å²) >= 11 is 0. The highest BCUT2D eigenvalue weighted by molar-refractivity contribution is 6.21. The number of aromatic nitrogens is 3. The minimum Gasteiger partial charge on any atom is -0.208 e. The number of hydrogen-bond donors (Lipinski definition) is 0. The first-order valence-corrected chi connectivity index (χ1v) is 21.8. The van der Waals surface area contributed by atoms with Crippen LogP contribution in [-0.4, -0.2) is 15.0 Å². The molecule has 0 amide bonds. The van der Waals surface area contributed by atoms with Crippen molar-refractivity contribution >= 4 is 43.1 Å². The van der Waals surface area contributed by atoms with Crippen LogP contribution in [0.4, 0.5) is 0 Å². The Morgan fingerprint density at radius 3 is 1.16 bits per heavy atom. The van der Waals surface area contributed by atoms with E-state index in [9.17, 15) is 0 Å². The lowest BCUT2D eigenvalue weighted by Gasteiger charge is -2.18. The topological polar surface area (TPSA) is 38.7 Å². The minimum absolute atomic E-state index is 0.624. The average molecular weight is 814 g/mol. The van der Waals surface area contributed by atoms with Crippen molar-refractivity contribution in [2.24, 2.45) is 0 Å². The molecule has 3 nitrogen and oxygen atoms in total. The fraction of sp³-hybridized carbons (Fsp3) is 0. The molecule has 0 saturated heterocycles. The summed E-state index contributed by atoms with van der Waals surface area (Å²) in [5, 5.41) is 9.46. The summed E-state index contributed by atoms with van der Waals surface area (Å²) in [4.78, 5) is 15.9. The van der Waals surface area contributed by atoms with Gasteiger partial charge in [-0.25, -0.2) is 15.0 Å². The normalized spacial score (nSPS) is 11.4. The molecule has 0 saturated carbocycles. The van der Waals surface area contributed by atoms with Crippen LogP contribution in [0.25, 0.3) is 122 Å². The summed E-state index contributed by atoms with van der Waals surface area (Å²) in [6.45, 7) is 0. The molecule has 1 aromatic heterocycles. The van der Waals surface area contributed by atoms with Gasteiger partial charge in [0.1, 0.15) is 0 Å². The Morgan fingerprint density at radius 2 is 0.578 bits per heavy atom. The van der Waals surface area contributed by atoms with Crippen LogP contribution in [0.15, 0.2) is 237 Å². The molecule has 0 unspecified atom stereocenters. The zero-order chi connectivity index (χ0) is 42.4. The highest BCUT2D eigenvalue weighted by Crippen LogP contribution is 2.44. The SMILES string of the molecule is c1ccc(-c2ccccc2-c2nc(-c3ccc4cc(-c5c6ccccc6c(-c6ccccc6)c6ccccc56)ccc4c3)nc(-c3ccc(-c4ccccc4)c4ccccc34)n2)cc1. The van der Waals surface area contributed by atoms with Crippen LogP contribution in [0.5, 0.6) is 0 Å². The molecule has 0 aliphatic carbocycles. The van der Waals surface area contributed by atoms with Gasteiger partial charge in [0.05, 0.1) is 0 Å². The second kappa shape index (κ2) is 15.7. The number of nitrogens with zero attached hydrogens (tertiary/aromatic N) is 3. The van der Waals surface area contributed by atoms with Crippen molar-refractivity contribution in [1.29, 1.82) is 0 Å². The zero-order valence-electron chi connectivity index (χ0n) is 34.9. The highest BCUT2D eigenvalue weighted by Gasteiger charge is 2.20. The molecule has 1 heterocycles. The lowest BCUT2D eigenvalue weighted by molar-refractivity contribution is 1.08. The monoisotopic (exact) mass is 813 g/mol. The Hall–Kier alpha value is -8.53. The van der Waals surface area contributed by atoms with Crippen molar-refractivity contribution in [3.8, 4) is 78.7 Å². The summed E-state index contributed by atoms with van der Waals surface area (Å²) in [5.74, 6) is 1.88. The lowest BCUT2D eigenvalue weighted by atomic mass is 9.85. The van der Waals surface area contributed by atoms with Crippen molar-refractivity contribution in [3.05, 3.63) is 237 Å². The Kier molecular flexibility index (Phi) is 9.16. The van der Waals surface area contributed by atoms with Crippen molar-refractivity contribution in [2.45, 2.75) is 0 Å². The van der Waals surface area contributed by atoms with Crippen LogP contribution in [0, 0.1) is 0 Å².